The number of methoxy groups -OCH3 is 1. The van der Waals surface area contributed by atoms with Crippen molar-refractivity contribution >= 4 is 16.6 Å². The lowest BCUT2D eigenvalue weighted by molar-refractivity contribution is 0.192. The van der Waals surface area contributed by atoms with Gasteiger partial charge in [0.15, 0.2) is 0 Å². The van der Waals surface area contributed by atoms with E-state index in [1.54, 1.807) is 7.11 Å². The van der Waals surface area contributed by atoms with E-state index in [0.717, 1.165) is 34.3 Å². The molecule has 0 aliphatic carbocycles. The van der Waals surface area contributed by atoms with Gasteiger partial charge in [-0.15, -0.1) is 0 Å². The molecule has 0 bridgehead atoms. The van der Waals surface area contributed by atoms with Crippen molar-refractivity contribution in [3.63, 3.8) is 0 Å². The van der Waals surface area contributed by atoms with Crippen LogP contribution >= 0.6 is 0 Å². The van der Waals surface area contributed by atoms with Crippen molar-refractivity contribution < 1.29 is 14.9 Å². The van der Waals surface area contributed by atoms with Gasteiger partial charge < -0.3 is 25.3 Å². The fourth-order valence-electron chi connectivity index (χ4n) is 2.43. The first-order valence-corrected chi connectivity index (χ1v) is 5.75. The minimum Gasteiger partial charge on any atom is -0.497 e. The number of nitrogens with one attached hydrogen (secondary N) is 2. The average Bonchev–Trinajstić information content (AvgIpc) is 2.75. The van der Waals surface area contributed by atoms with Gasteiger partial charge >= 0.3 is 5.95 Å². The Morgan fingerprint density at radius 2 is 2.17 bits per heavy atom. The zero-order valence-corrected chi connectivity index (χ0v) is 9.95. The van der Waals surface area contributed by atoms with Crippen LogP contribution in [0.3, 0.4) is 0 Å². The number of hydrogen-bond donors (Lipinski definition) is 4. The summed E-state index contributed by atoms with van der Waals surface area (Å²) in [4.78, 5) is 3.20. The summed E-state index contributed by atoms with van der Waals surface area (Å²) in [5, 5.41) is 22.6. The number of aromatic nitrogens is 1. The SMILES string of the molecule is COc1ccc2c3c([nH]c2c1)C(=C(O)O)NCC3. The van der Waals surface area contributed by atoms with Crippen molar-refractivity contribution in [1.82, 2.24) is 10.3 Å². The first-order valence-electron chi connectivity index (χ1n) is 5.75. The van der Waals surface area contributed by atoms with Gasteiger partial charge in [-0.3, -0.25) is 0 Å². The maximum absolute atomic E-state index is 9.28. The predicted molar refractivity (Wildman–Crippen MR) is 68.7 cm³/mol. The van der Waals surface area contributed by atoms with E-state index in [1.165, 1.54) is 0 Å². The van der Waals surface area contributed by atoms with E-state index in [9.17, 15) is 10.2 Å². The minimum atomic E-state index is -0.686. The summed E-state index contributed by atoms with van der Waals surface area (Å²) < 4.78 is 5.18. The number of hydrogen-bond acceptors (Lipinski definition) is 4. The van der Waals surface area contributed by atoms with E-state index in [2.05, 4.69) is 10.3 Å². The third-order valence-corrected chi connectivity index (χ3v) is 3.26. The highest BCUT2D eigenvalue weighted by atomic mass is 16.5. The molecule has 1 aromatic carbocycles. The second-order valence-corrected chi connectivity index (χ2v) is 4.27. The van der Waals surface area contributed by atoms with Crippen molar-refractivity contribution in [3.8, 4) is 5.75 Å². The van der Waals surface area contributed by atoms with Gasteiger partial charge in [-0.05, 0) is 24.1 Å². The zero-order chi connectivity index (χ0) is 12.7. The molecule has 0 amide bonds. The Labute approximate surface area is 104 Å². The molecule has 0 saturated carbocycles. The van der Waals surface area contributed by atoms with Gasteiger partial charge in [0.2, 0.25) is 0 Å². The molecule has 4 N–H and O–H groups in total. The number of aliphatic hydroxyl groups is 2. The van der Waals surface area contributed by atoms with Crippen LogP contribution in [-0.4, -0.2) is 28.9 Å². The van der Waals surface area contributed by atoms with Crippen LogP contribution in [0.5, 0.6) is 5.75 Å². The number of aliphatic hydroxyl groups excluding tert-OH is 1. The third-order valence-electron chi connectivity index (χ3n) is 3.26. The summed E-state index contributed by atoms with van der Waals surface area (Å²) in [6, 6.07) is 5.79. The monoisotopic (exact) mass is 246 g/mol. The Morgan fingerprint density at radius 1 is 1.33 bits per heavy atom. The number of benzene rings is 1. The second kappa shape index (κ2) is 3.87. The molecule has 1 aromatic heterocycles. The van der Waals surface area contributed by atoms with E-state index >= 15 is 0 Å². The molecule has 0 atom stereocenters. The van der Waals surface area contributed by atoms with Gasteiger partial charge in [-0.25, -0.2) is 0 Å². The van der Waals surface area contributed by atoms with Crippen molar-refractivity contribution in [3.05, 3.63) is 35.4 Å². The van der Waals surface area contributed by atoms with Gasteiger partial charge in [0.25, 0.3) is 0 Å². The average molecular weight is 246 g/mol. The zero-order valence-electron chi connectivity index (χ0n) is 9.95. The maximum Gasteiger partial charge on any atom is 0.300 e. The summed E-state index contributed by atoms with van der Waals surface area (Å²) in [5.74, 6) is 0.0854. The number of fused-ring (bicyclic) bond motifs is 3. The maximum atomic E-state index is 9.28. The van der Waals surface area contributed by atoms with E-state index in [0.29, 0.717) is 12.2 Å². The highest BCUT2D eigenvalue weighted by Crippen LogP contribution is 2.32. The molecule has 5 heteroatoms. The van der Waals surface area contributed by atoms with Crippen molar-refractivity contribution in [2.45, 2.75) is 6.42 Å². The van der Waals surface area contributed by atoms with E-state index < -0.39 is 5.95 Å². The molecule has 0 radical (unpaired) electrons. The third kappa shape index (κ3) is 1.48. The van der Waals surface area contributed by atoms with Crippen molar-refractivity contribution in [1.29, 1.82) is 0 Å². The summed E-state index contributed by atoms with van der Waals surface area (Å²) >= 11 is 0. The van der Waals surface area contributed by atoms with Gasteiger partial charge in [-0.2, -0.15) is 0 Å². The molecule has 1 aliphatic heterocycles. The molecule has 5 nitrogen and oxygen atoms in total. The highest BCUT2D eigenvalue weighted by Gasteiger charge is 2.22. The number of aromatic amines is 1. The van der Waals surface area contributed by atoms with Gasteiger partial charge in [0.1, 0.15) is 11.4 Å². The lowest BCUT2D eigenvalue weighted by atomic mass is 10.0. The highest BCUT2D eigenvalue weighted by molar-refractivity contribution is 5.90. The Kier molecular flexibility index (Phi) is 2.33. The standard InChI is InChI=1S/C13H14N2O3/c1-18-7-2-3-8-9-4-5-14-12(13(16)17)11(9)15-10(8)6-7/h2-3,6,14-17H,4-5H2,1H3. The number of H-pyrrole nitrogens is 1. The molecule has 0 unspecified atom stereocenters. The van der Waals surface area contributed by atoms with E-state index in [4.69, 9.17) is 4.74 Å². The molecule has 18 heavy (non-hydrogen) atoms. The minimum absolute atomic E-state index is 0.353. The van der Waals surface area contributed by atoms with Crippen LogP contribution in [0.25, 0.3) is 16.6 Å². The molecule has 94 valence electrons. The molecule has 0 saturated heterocycles. The van der Waals surface area contributed by atoms with E-state index in [1.807, 2.05) is 18.2 Å². The summed E-state index contributed by atoms with van der Waals surface area (Å²) in [6.07, 6.45) is 0.846. The number of rotatable bonds is 1. The molecular weight excluding hydrogens is 232 g/mol. The van der Waals surface area contributed by atoms with Crippen molar-refractivity contribution in [2.75, 3.05) is 13.7 Å². The molecule has 0 spiro atoms. The van der Waals surface area contributed by atoms with Crippen LogP contribution in [0.1, 0.15) is 11.3 Å². The van der Waals surface area contributed by atoms with Crippen LogP contribution in [0.2, 0.25) is 0 Å². The Morgan fingerprint density at radius 3 is 2.89 bits per heavy atom. The van der Waals surface area contributed by atoms with Gasteiger partial charge in [0.05, 0.1) is 12.8 Å². The Hall–Kier alpha value is -2.30. The molecule has 2 heterocycles. The topological polar surface area (TPSA) is 77.5 Å². The number of ether oxygens (including phenoxy) is 1. The predicted octanol–water partition coefficient (Wildman–Crippen LogP) is 2.06. The first kappa shape index (κ1) is 10.8. The summed E-state index contributed by atoms with van der Waals surface area (Å²) in [6.45, 7) is 0.686. The van der Waals surface area contributed by atoms with Crippen LogP contribution in [0, 0.1) is 0 Å². The Bertz CT molecular complexity index is 639. The van der Waals surface area contributed by atoms with Crippen LogP contribution in [-0.2, 0) is 6.42 Å². The fraction of sp³-hybridized carbons (Fsp3) is 0.231. The quantitative estimate of drug-likeness (QED) is 0.581. The largest absolute Gasteiger partial charge is 0.497 e. The molecule has 2 aromatic rings. The summed E-state index contributed by atoms with van der Waals surface area (Å²) in [5.41, 5.74) is 3.12. The fourth-order valence-corrected chi connectivity index (χ4v) is 2.43. The second-order valence-electron chi connectivity index (χ2n) is 4.27. The van der Waals surface area contributed by atoms with E-state index in [-0.39, 0.29) is 0 Å². The molecule has 0 fully saturated rings. The van der Waals surface area contributed by atoms with Crippen LogP contribution < -0.4 is 10.1 Å². The summed E-state index contributed by atoms with van der Waals surface area (Å²) in [7, 11) is 1.62. The lowest BCUT2D eigenvalue weighted by Gasteiger charge is -2.17. The first-order chi connectivity index (χ1) is 8.70. The van der Waals surface area contributed by atoms with Crippen molar-refractivity contribution in [2.24, 2.45) is 0 Å². The van der Waals surface area contributed by atoms with Crippen LogP contribution in [0.15, 0.2) is 24.1 Å². The molecular formula is C13H14N2O3. The lowest BCUT2D eigenvalue weighted by Crippen LogP contribution is -2.23. The normalized spacial score (nSPS) is 14.2. The van der Waals surface area contributed by atoms with Gasteiger partial charge in [0, 0.05) is 23.5 Å². The Balaban J connectivity index is 2.27. The van der Waals surface area contributed by atoms with Crippen LogP contribution in [0.4, 0.5) is 0 Å². The smallest absolute Gasteiger partial charge is 0.300 e. The molecule has 3 rings (SSSR count). The van der Waals surface area contributed by atoms with Gasteiger partial charge in [-0.1, -0.05) is 0 Å². The molecule has 1 aliphatic rings.